The highest BCUT2D eigenvalue weighted by atomic mass is 16.7. The predicted molar refractivity (Wildman–Crippen MR) is 100 cm³/mol. The molecule has 0 aliphatic carbocycles. The maximum absolute atomic E-state index is 13.3. The van der Waals surface area contributed by atoms with Crippen molar-refractivity contribution in [2.24, 2.45) is 5.10 Å². The number of hydrogen-bond acceptors (Lipinski definition) is 6. The smallest absolute Gasteiger partial charge is 0.270 e. The quantitative estimate of drug-likeness (QED) is 0.809. The summed E-state index contributed by atoms with van der Waals surface area (Å²) in [5.74, 6) is -0.105. The first-order chi connectivity index (χ1) is 13.1. The molecule has 7 nitrogen and oxygen atoms in total. The Morgan fingerprint density at radius 1 is 1.11 bits per heavy atom. The first-order valence-electron chi connectivity index (χ1n) is 9.61. The number of ether oxygens (including phenoxy) is 2. The van der Waals surface area contributed by atoms with E-state index in [0.717, 1.165) is 24.9 Å². The standard InChI is InChI=1S/C20H25N3O4/c1-14(24)18-13-16(21-23(18)15-7-3-2-4-8-15)19(25)22-10-6-5-9-17(22)20-26-11-12-27-20/h2-4,7-8,17-18,20H,5-6,9-13H2,1H3. The minimum atomic E-state index is -0.437. The third-order valence-corrected chi connectivity index (χ3v) is 5.42. The number of nitrogens with zero attached hydrogens (tertiary/aromatic N) is 3. The topological polar surface area (TPSA) is 71.4 Å². The number of ketones is 1. The molecular formula is C20H25N3O4. The van der Waals surface area contributed by atoms with Gasteiger partial charge in [-0.25, -0.2) is 0 Å². The molecule has 2 fully saturated rings. The number of Topliss-reactive ketones (excluding diaryl/α,β-unsaturated/α-hetero) is 1. The van der Waals surface area contributed by atoms with E-state index < -0.39 is 6.04 Å². The van der Waals surface area contributed by atoms with Crippen molar-refractivity contribution in [3.63, 3.8) is 0 Å². The molecule has 0 radical (unpaired) electrons. The highest BCUT2D eigenvalue weighted by molar-refractivity contribution is 6.40. The molecule has 144 valence electrons. The predicted octanol–water partition coefficient (Wildman–Crippen LogP) is 1.96. The molecule has 0 saturated carbocycles. The van der Waals surface area contributed by atoms with E-state index in [4.69, 9.17) is 9.47 Å². The van der Waals surface area contributed by atoms with Crippen LogP contribution in [-0.4, -0.2) is 60.4 Å². The van der Waals surface area contributed by atoms with Crippen molar-refractivity contribution in [3.8, 4) is 0 Å². The summed E-state index contributed by atoms with van der Waals surface area (Å²) in [4.78, 5) is 27.3. The van der Waals surface area contributed by atoms with Gasteiger partial charge < -0.3 is 14.4 Å². The summed E-state index contributed by atoms with van der Waals surface area (Å²) in [6.45, 7) is 3.35. The number of hydrogen-bond donors (Lipinski definition) is 0. The Hall–Kier alpha value is -2.25. The number of benzene rings is 1. The van der Waals surface area contributed by atoms with Crippen LogP contribution in [-0.2, 0) is 19.1 Å². The summed E-state index contributed by atoms with van der Waals surface area (Å²) in [5, 5.41) is 6.23. The largest absolute Gasteiger partial charge is 0.348 e. The Morgan fingerprint density at radius 3 is 2.56 bits per heavy atom. The highest BCUT2D eigenvalue weighted by Crippen LogP contribution is 2.29. The molecule has 2 unspecified atom stereocenters. The molecule has 2 atom stereocenters. The Bertz CT molecular complexity index is 730. The molecule has 1 aromatic carbocycles. The lowest BCUT2D eigenvalue weighted by Gasteiger charge is -2.37. The van der Waals surface area contributed by atoms with Crippen LogP contribution < -0.4 is 5.01 Å². The number of piperidine rings is 1. The molecule has 0 spiro atoms. The van der Waals surface area contributed by atoms with Gasteiger partial charge in [-0.1, -0.05) is 18.2 Å². The Kier molecular flexibility index (Phi) is 5.22. The number of para-hydroxylation sites is 1. The molecule has 3 aliphatic heterocycles. The highest BCUT2D eigenvalue weighted by Gasteiger charge is 2.41. The van der Waals surface area contributed by atoms with Crippen molar-refractivity contribution in [2.75, 3.05) is 24.8 Å². The molecular weight excluding hydrogens is 346 g/mol. The molecule has 0 bridgehead atoms. The number of anilines is 1. The van der Waals surface area contributed by atoms with E-state index in [1.165, 1.54) is 0 Å². The average molecular weight is 371 g/mol. The SMILES string of the molecule is CC(=O)C1CC(C(=O)N2CCCCC2C2OCCO2)=NN1c1ccccc1. The van der Waals surface area contributed by atoms with Gasteiger partial charge in [0.1, 0.15) is 11.8 Å². The summed E-state index contributed by atoms with van der Waals surface area (Å²) >= 11 is 0. The molecule has 3 aliphatic rings. The number of hydrazone groups is 1. The van der Waals surface area contributed by atoms with Crippen LogP contribution in [0.5, 0.6) is 0 Å². The van der Waals surface area contributed by atoms with Gasteiger partial charge in [0.2, 0.25) is 0 Å². The number of rotatable bonds is 4. The van der Waals surface area contributed by atoms with Crippen molar-refractivity contribution in [1.29, 1.82) is 0 Å². The summed E-state index contributed by atoms with van der Waals surface area (Å²) < 4.78 is 11.3. The third kappa shape index (κ3) is 3.61. The van der Waals surface area contributed by atoms with Gasteiger partial charge in [0.15, 0.2) is 12.1 Å². The van der Waals surface area contributed by atoms with E-state index in [-0.39, 0.29) is 24.0 Å². The fourth-order valence-electron chi connectivity index (χ4n) is 4.03. The summed E-state index contributed by atoms with van der Waals surface area (Å²) in [6.07, 6.45) is 2.85. The van der Waals surface area contributed by atoms with Gasteiger partial charge in [-0.15, -0.1) is 0 Å². The number of likely N-dealkylation sites (tertiary alicyclic amines) is 1. The maximum Gasteiger partial charge on any atom is 0.270 e. The van der Waals surface area contributed by atoms with Crippen molar-refractivity contribution in [1.82, 2.24) is 4.90 Å². The van der Waals surface area contributed by atoms with Crippen molar-refractivity contribution in [3.05, 3.63) is 30.3 Å². The lowest BCUT2D eigenvalue weighted by atomic mass is 9.99. The summed E-state index contributed by atoms with van der Waals surface area (Å²) in [7, 11) is 0. The van der Waals surface area contributed by atoms with Crippen molar-refractivity contribution in [2.45, 2.75) is 51.0 Å². The second kappa shape index (κ2) is 7.78. The number of carbonyl (C=O) groups is 2. The zero-order chi connectivity index (χ0) is 18.8. The van der Waals surface area contributed by atoms with Gasteiger partial charge in [0.05, 0.1) is 24.9 Å². The van der Waals surface area contributed by atoms with Crippen LogP contribution >= 0.6 is 0 Å². The Balaban J connectivity index is 1.57. The van der Waals surface area contributed by atoms with Gasteiger partial charge in [-0.3, -0.25) is 14.6 Å². The van der Waals surface area contributed by atoms with Crippen LogP contribution in [0.1, 0.15) is 32.6 Å². The van der Waals surface area contributed by atoms with Crippen molar-refractivity contribution >= 4 is 23.1 Å². The monoisotopic (exact) mass is 371 g/mol. The molecule has 3 heterocycles. The zero-order valence-corrected chi connectivity index (χ0v) is 15.5. The Morgan fingerprint density at radius 2 is 1.85 bits per heavy atom. The van der Waals surface area contributed by atoms with Crippen LogP contribution in [0.15, 0.2) is 35.4 Å². The second-order valence-electron chi connectivity index (χ2n) is 7.23. The first kappa shape index (κ1) is 18.1. The number of amides is 1. The molecule has 1 amide bonds. The van der Waals surface area contributed by atoms with E-state index in [0.29, 0.717) is 31.9 Å². The second-order valence-corrected chi connectivity index (χ2v) is 7.23. The lowest BCUT2D eigenvalue weighted by molar-refractivity contribution is -0.144. The Labute approximate surface area is 158 Å². The summed E-state index contributed by atoms with van der Waals surface area (Å²) in [5.41, 5.74) is 1.25. The van der Waals surface area contributed by atoms with E-state index in [1.807, 2.05) is 35.2 Å². The molecule has 4 rings (SSSR count). The minimum absolute atomic E-state index is 0.00283. The van der Waals surface area contributed by atoms with Gasteiger partial charge >= 0.3 is 0 Å². The van der Waals surface area contributed by atoms with Crippen LogP contribution in [0.2, 0.25) is 0 Å². The summed E-state index contributed by atoms with van der Waals surface area (Å²) in [6, 6.07) is 8.99. The van der Waals surface area contributed by atoms with Crippen LogP contribution in [0.3, 0.4) is 0 Å². The van der Waals surface area contributed by atoms with Gasteiger partial charge in [0, 0.05) is 13.0 Å². The molecule has 0 N–H and O–H groups in total. The van der Waals surface area contributed by atoms with Gasteiger partial charge in [0.25, 0.3) is 5.91 Å². The van der Waals surface area contributed by atoms with Crippen LogP contribution in [0.25, 0.3) is 0 Å². The maximum atomic E-state index is 13.3. The van der Waals surface area contributed by atoms with Crippen LogP contribution in [0.4, 0.5) is 5.69 Å². The van der Waals surface area contributed by atoms with E-state index in [1.54, 1.807) is 11.9 Å². The number of carbonyl (C=O) groups excluding carboxylic acids is 2. The average Bonchev–Trinajstić information content (AvgIpc) is 3.38. The third-order valence-electron chi connectivity index (χ3n) is 5.42. The molecule has 1 aromatic rings. The van der Waals surface area contributed by atoms with Gasteiger partial charge in [-0.05, 0) is 38.3 Å². The molecule has 0 aromatic heterocycles. The van der Waals surface area contributed by atoms with Crippen LogP contribution in [0, 0.1) is 0 Å². The fraction of sp³-hybridized carbons (Fsp3) is 0.550. The van der Waals surface area contributed by atoms with E-state index >= 15 is 0 Å². The normalized spacial score (nSPS) is 26.3. The molecule has 27 heavy (non-hydrogen) atoms. The molecule has 7 heteroatoms. The van der Waals surface area contributed by atoms with Crippen molar-refractivity contribution < 1.29 is 19.1 Å². The molecule has 2 saturated heterocycles. The lowest BCUT2D eigenvalue weighted by Crippen LogP contribution is -2.52. The van der Waals surface area contributed by atoms with E-state index in [9.17, 15) is 9.59 Å². The first-order valence-corrected chi connectivity index (χ1v) is 9.61. The fourth-order valence-corrected chi connectivity index (χ4v) is 4.03. The minimum Gasteiger partial charge on any atom is -0.348 e. The zero-order valence-electron chi connectivity index (χ0n) is 15.5. The van der Waals surface area contributed by atoms with Gasteiger partial charge in [-0.2, -0.15) is 5.10 Å². The van der Waals surface area contributed by atoms with E-state index in [2.05, 4.69) is 5.10 Å².